The quantitative estimate of drug-likeness (QED) is 0.446. The molecule has 0 spiro atoms. The Bertz CT molecular complexity index is 475. The minimum atomic E-state index is -0.413. The summed E-state index contributed by atoms with van der Waals surface area (Å²) in [5, 5.41) is 14.2. The van der Waals surface area contributed by atoms with E-state index >= 15 is 0 Å². The molecule has 1 aromatic carbocycles. The predicted octanol–water partition coefficient (Wildman–Crippen LogP) is 1.79. The van der Waals surface area contributed by atoms with Gasteiger partial charge in [0.05, 0.1) is 12.0 Å². The van der Waals surface area contributed by atoms with Crippen LogP contribution in [0.15, 0.2) is 18.2 Å². The van der Waals surface area contributed by atoms with Crippen LogP contribution >= 0.6 is 0 Å². The number of nitrogens with zero attached hydrogens (tertiary/aromatic N) is 2. The summed E-state index contributed by atoms with van der Waals surface area (Å²) in [6, 6.07) is 5.82. The number of ether oxygens (including phenoxy) is 1. The number of methoxy groups -OCH3 is 1. The highest BCUT2D eigenvalue weighted by Crippen LogP contribution is 2.27. The third kappa shape index (κ3) is 3.91. The van der Waals surface area contributed by atoms with Crippen molar-refractivity contribution in [1.82, 2.24) is 10.2 Å². The second-order valence-corrected chi connectivity index (χ2v) is 5.15. The van der Waals surface area contributed by atoms with Gasteiger partial charge in [-0.15, -0.1) is 0 Å². The summed E-state index contributed by atoms with van der Waals surface area (Å²) >= 11 is 0. The lowest BCUT2D eigenvalue weighted by Crippen LogP contribution is -2.30. The van der Waals surface area contributed by atoms with Crippen LogP contribution in [-0.4, -0.2) is 43.1 Å². The van der Waals surface area contributed by atoms with E-state index in [0.29, 0.717) is 12.3 Å². The Balaban J connectivity index is 1.82. The lowest BCUT2D eigenvalue weighted by atomic mass is 10.2. The zero-order valence-corrected chi connectivity index (χ0v) is 12.0. The van der Waals surface area contributed by atoms with E-state index in [1.165, 1.54) is 20.0 Å². The van der Waals surface area contributed by atoms with Gasteiger partial charge in [-0.1, -0.05) is 6.07 Å². The zero-order valence-electron chi connectivity index (χ0n) is 12.0. The molecular formula is C14H21N3O3. The molecule has 0 radical (unpaired) electrons. The summed E-state index contributed by atoms with van der Waals surface area (Å²) in [5.74, 6) is 0.298. The lowest BCUT2D eigenvalue weighted by molar-refractivity contribution is -0.385. The summed E-state index contributed by atoms with van der Waals surface area (Å²) in [6.45, 7) is 2.51. The van der Waals surface area contributed by atoms with E-state index in [1.807, 2.05) is 6.07 Å². The summed E-state index contributed by atoms with van der Waals surface area (Å²) in [6.07, 6.45) is 2.61. The van der Waals surface area contributed by atoms with Crippen LogP contribution in [-0.2, 0) is 6.54 Å². The van der Waals surface area contributed by atoms with Crippen molar-refractivity contribution < 1.29 is 9.66 Å². The maximum atomic E-state index is 10.9. The van der Waals surface area contributed by atoms with Crippen molar-refractivity contribution in [2.24, 2.45) is 0 Å². The van der Waals surface area contributed by atoms with Crippen LogP contribution in [0.3, 0.4) is 0 Å². The summed E-state index contributed by atoms with van der Waals surface area (Å²) in [4.78, 5) is 12.9. The van der Waals surface area contributed by atoms with E-state index in [4.69, 9.17) is 4.74 Å². The van der Waals surface area contributed by atoms with Gasteiger partial charge >= 0.3 is 5.69 Å². The van der Waals surface area contributed by atoms with E-state index in [9.17, 15) is 10.1 Å². The van der Waals surface area contributed by atoms with Crippen molar-refractivity contribution in [3.63, 3.8) is 0 Å². The molecule has 1 aliphatic carbocycles. The molecule has 20 heavy (non-hydrogen) atoms. The standard InChI is InChI=1S/C14H21N3O3/c1-16(12-4-5-12)8-7-15-10-11-3-6-14(20-2)13(9-11)17(18)19/h3,6,9,12,15H,4-5,7-8,10H2,1-2H3. The molecule has 1 aliphatic rings. The van der Waals surface area contributed by atoms with Crippen LogP contribution in [0, 0.1) is 10.1 Å². The van der Waals surface area contributed by atoms with E-state index in [0.717, 1.165) is 24.7 Å². The molecule has 110 valence electrons. The fraction of sp³-hybridized carbons (Fsp3) is 0.571. The Kier molecular flexibility index (Phi) is 4.92. The Hall–Kier alpha value is -1.66. The summed E-state index contributed by atoms with van der Waals surface area (Å²) < 4.78 is 4.98. The highest BCUT2D eigenvalue weighted by Gasteiger charge is 2.25. The van der Waals surface area contributed by atoms with Crippen LogP contribution in [0.4, 0.5) is 5.69 Å². The molecule has 1 N–H and O–H groups in total. The van der Waals surface area contributed by atoms with Crippen LogP contribution in [0.5, 0.6) is 5.75 Å². The van der Waals surface area contributed by atoms with Crippen molar-refractivity contribution in [1.29, 1.82) is 0 Å². The SMILES string of the molecule is COc1ccc(CNCCN(C)C2CC2)cc1[N+](=O)[O-]. The number of nitro groups is 1. The first-order valence-corrected chi connectivity index (χ1v) is 6.84. The van der Waals surface area contributed by atoms with Gasteiger partial charge < -0.3 is 15.0 Å². The normalized spacial score (nSPS) is 14.6. The third-order valence-electron chi connectivity index (χ3n) is 3.58. The van der Waals surface area contributed by atoms with Crippen molar-refractivity contribution in [2.45, 2.75) is 25.4 Å². The zero-order chi connectivity index (χ0) is 14.5. The maximum absolute atomic E-state index is 10.9. The summed E-state index contributed by atoms with van der Waals surface area (Å²) in [5.41, 5.74) is 0.911. The number of nitro benzene ring substituents is 1. The van der Waals surface area contributed by atoms with Crippen molar-refractivity contribution >= 4 is 5.69 Å². The molecule has 0 saturated heterocycles. The molecule has 0 heterocycles. The fourth-order valence-electron chi connectivity index (χ4n) is 2.17. The average Bonchev–Trinajstić information content (AvgIpc) is 3.27. The van der Waals surface area contributed by atoms with Gasteiger partial charge in [-0.2, -0.15) is 0 Å². The van der Waals surface area contributed by atoms with Crippen LogP contribution in [0.1, 0.15) is 18.4 Å². The average molecular weight is 279 g/mol. The number of nitrogens with one attached hydrogen (secondary N) is 1. The summed E-state index contributed by atoms with van der Waals surface area (Å²) in [7, 11) is 3.57. The molecule has 1 aromatic rings. The molecule has 1 saturated carbocycles. The van der Waals surface area contributed by atoms with Crippen molar-refractivity contribution in [2.75, 3.05) is 27.2 Å². The first-order chi connectivity index (χ1) is 9.61. The van der Waals surface area contributed by atoms with Crippen LogP contribution in [0.2, 0.25) is 0 Å². The second kappa shape index (κ2) is 6.67. The highest BCUT2D eigenvalue weighted by molar-refractivity contribution is 5.48. The minimum absolute atomic E-state index is 0.0156. The molecule has 0 amide bonds. The number of likely N-dealkylation sites (N-methyl/N-ethyl adjacent to an activating group) is 1. The van der Waals surface area contributed by atoms with Crippen LogP contribution < -0.4 is 10.1 Å². The molecule has 0 atom stereocenters. The molecule has 0 bridgehead atoms. The maximum Gasteiger partial charge on any atom is 0.311 e. The van der Waals surface area contributed by atoms with Gasteiger partial charge in [0.2, 0.25) is 0 Å². The Morgan fingerprint density at radius 3 is 2.85 bits per heavy atom. The fourth-order valence-corrected chi connectivity index (χ4v) is 2.17. The lowest BCUT2D eigenvalue weighted by Gasteiger charge is -2.15. The molecule has 1 fully saturated rings. The minimum Gasteiger partial charge on any atom is -0.490 e. The number of hydrogen-bond donors (Lipinski definition) is 1. The highest BCUT2D eigenvalue weighted by atomic mass is 16.6. The Labute approximate surface area is 118 Å². The molecule has 0 aliphatic heterocycles. The van der Waals surface area contributed by atoms with Crippen molar-refractivity contribution in [3.05, 3.63) is 33.9 Å². The van der Waals surface area contributed by atoms with Gasteiger partial charge in [0.1, 0.15) is 0 Å². The smallest absolute Gasteiger partial charge is 0.311 e. The van der Waals surface area contributed by atoms with Gasteiger partial charge in [0.15, 0.2) is 5.75 Å². The van der Waals surface area contributed by atoms with Gasteiger partial charge in [0.25, 0.3) is 0 Å². The van der Waals surface area contributed by atoms with Crippen LogP contribution in [0.25, 0.3) is 0 Å². The second-order valence-electron chi connectivity index (χ2n) is 5.15. The molecule has 2 rings (SSSR count). The van der Waals surface area contributed by atoms with Gasteiger partial charge in [0, 0.05) is 31.7 Å². The molecule has 6 nitrogen and oxygen atoms in total. The molecule has 0 unspecified atom stereocenters. The first kappa shape index (κ1) is 14.7. The largest absolute Gasteiger partial charge is 0.490 e. The van der Waals surface area contributed by atoms with Gasteiger partial charge in [-0.05, 0) is 31.5 Å². The number of hydrogen-bond acceptors (Lipinski definition) is 5. The number of benzene rings is 1. The van der Waals surface area contributed by atoms with E-state index in [-0.39, 0.29) is 5.69 Å². The van der Waals surface area contributed by atoms with E-state index in [1.54, 1.807) is 12.1 Å². The monoisotopic (exact) mass is 279 g/mol. The molecule has 0 aromatic heterocycles. The molecular weight excluding hydrogens is 258 g/mol. The topological polar surface area (TPSA) is 67.6 Å². The Morgan fingerprint density at radius 2 is 2.25 bits per heavy atom. The third-order valence-corrected chi connectivity index (χ3v) is 3.58. The predicted molar refractivity (Wildman–Crippen MR) is 77.0 cm³/mol. The van der Waals surface area contributed by atoms with E-state index in [2.05, 4.69) is 17.3 Å². The first-order valence-electron chi connectivity index (χ1n) is 6.84. The molecule has 6 heteroatoms. The number of rotatable bonds is 8. The van der Waals surface area contributed by atoms with E-state index < -0.39 is 4.92 Å². The van der Waals surface area contributed by atoms with Crippen molar-refractivity contribution in [3.8, 4) is 5.75 Å². The van der Waals surface area contributed by atoms with Gasteiger partial charge in [-0.25, -0.2) is 0 Å². The Morgan fingerprint density at radius 1 is 1.50 bits per heavy atom. The van der Waals surface area contributed by atoms with Gasteiger partial charge in [-0.3, -0.25) is 10.1 Å².